The van der Waals surface area contributed by atoms with Crippen molar-refractivity contribution in [2.45, 2.75) is 6.54 Å². The van der Waals surface area contributed by atoms with Crippen molar-refractivity contribution >= 4 is 12.4 Å². The van der Waals surface area contributed by atoms with Gasteiger partial charge in [-0.15, -0.1) is 0 Å². The molecule has 0 aliphatic carbocycles. The van der Waals surface area contributed by atoms with Crippen LogP contribution in [0.5, 0.6) is 0 Å². The van der Waals surface area contributed by atoms with E-state index in [0.717, 1.165) is 5.56 Å². The minimum Gasteiger partial charge on any atom is -0.454 e. The third-order valence-corrected chi connectivity index (χ3v) is 2.13. The Morgan fingerprint density at radius 3 is 2.50 bits per heavy atom. The summed E-state index contributed by atoms with van der Waals surface area (Å²) in [5, 5.41) is 7.01. The molecule has 2 aromatic rings. The molecule has 1 heterocycles. The molecule has 80 valence electrons. The number of hydrogen-bond acceptors (Lipinski definition) is 3. The topological polar surface area (TPSA) is 49.4 Å². The zero-order chi connectivity index (χ0) is 11.2. The summed E-state index contributed by atoms with van der Waals surface area (Å²) in [6.07, 6.45) is 2.86. The Morgan fingerprint density at radius 2 is 1.81 bits per heavy atom. The van der Waals surface area contributed by atoms with Gasteiger partial charge < -0.3 is 9.83 Å². The third-order valence-electron chi connectivity index (χ3n) is 2.13. The maximum Gasteiger partial charge on any atom is 0.145 e. The average Bonchev–Trinajstić information content (AvgIpc) is 2.78. The summed E-state index contributed by atoms with van der Waals surface area (Å²) in [5.74, 6) is 1.22. The molecule has 0 saturated heterocycles. The van der Waals surface area contributed by atoms with E-state index in [-0.39, 0.29) is 0 Å². The van der Waals surface area contributed by atoms with E-state index < -0.39 is 0 Å². The van der Waals surface area contributed by atoms with Crippen LogP contribution in [0.4, 0.5) is 0 Å². The number of aliphatic imine (C=N–C) groups is 1. The van der Waals surface area contributed by atoms with Crippen molar-refractivity contribution in [3.8, 4) is 0 Å². The first-order valence-electron chi connectivity index (χ1n) is 5.02. The fourth-order valence-corrected chi connectivity index (χ4v) is 1.34. The molecule has 0 fully saturated rings. The lowest BCUT2D eigenvalue weighted by atomic mass is 10.2. The molecule has 0 spiro atoms. The molecule has 2 rings (SSSR count). The van der Waals surface area contributed by atoms with Crippen molar-refractivity contribution in [3.63, 3.8) is 0 Å². The van der Waals surface area contributed by atoms with Crippen molar-refractivity contribution in [1.29, 1.82) is 5.41 Å². The number of hydrogen-bond donors (Lipinski definition) is 1. The number of nitrogens with one attached hydrogen (secondary N) is 1. The first-order valence-corrected chi connectivity index (χ1v) is 5.02. The molecule has 3 heteroatoms. The van der Waals surface area contributed by atoms with Crippen molar-refractivity contribution < 1.29 is 4.42 Å². The predicted octanol–water partition coefficient (Wildman–Crippen LogP) is 2.90. The maximum atomic E-state index is 7.01. The highest BCUT2D eigenvalue weighted by Gasteiger charge is 1.95. The molecule has 1 N–H and O–H groups in total. The summed E-state index contributed by atoms with van der Waals surface area (Å²) < 4.78 is 5.28. The minimum atomic E-state index is 0.543. The van der Waals surface area contributed by atoms with E-state index in [1.54, 1.807) is 18.3 Å². The quantitative estimate of drug-likeness (QED) is 0.778. The molecule has 0 radical (unpaired) electrons. The molecular formula is C13H12N2O. The van der Waals surface area contributed by atoms with Crippen LogP contribution in [0.1, 0.15) is 17.1 Å². The van der Waals surface area contributed by atoms with Crippen LogP contribution >= 0.6 is 0 Å². The van der Waals surface area contributed by atoms with Crippen LogP contribution in [0.15, 0.2) is 51.9 Å². The second kappa shape index (κ2) is 5.07. The van der Waals surface area contributed by atoms with Gasteiger partial charge in [0.05, 0.1) is 19.0 Å². The minimum absolute atomic E-state index is 0.543. The monoisotopic (exact) mass is 212 g/mol. The summed E-state index contributed by atoms with van der Waals surface area (Å²) in [7, 11) is 0. The summed E-state index contributed by atoms with van der Waals surface area (Å²) in [4.78, 5) is 4.27. The van der Waals surface area contributed by atoms with E-state index in [0.29, 0.717) is 18.1 Å². The average molecular weight is 212 g/mol. The van der Waals surface area contributed by atoms with Crippen LogP contribution in [0.3, 0.4) is 0 Å². The first kappa shape index (κ1) is 10.4. The lowest BCUT2D eigenvalue weighted by Crippen LogP contribution is -1.82. The van der Waals surface area contributed by atoms with Crippen molar-refractivity contribution in [2.24, 2.45) is 4.99 Å². The Kier molecular flexibility index (Phi) is 3.28. The van der Waals surface area contributed by atoms with E-state index in [1.165, 1.54) is 6.21 Å². The summed E-state index contributed by atoms with van der Waals surface area (Å²) in [6, 6.07) is 13.6. The molecule has 0 bridgehead atoms. The Labute approximate surface area is 94.0 Å². The summed E-state index contributed by atoms with van der Waals surface area (Å²) in [6.45, 7) is 0.640. The van der Waals surface area contributed by atoms with E-state index >= 15 is 0 Å². The number of nitrogens with zero attached hydrogens (tertiary/aromatic N) is 1. The molecule has 0 amide bonds. The largest absolute Gasteiger partial charge is 0.454 e. The molecule has 3 nitrogen and oxygen atoms in total. The van der Waals surface area contributed by atoms with E-state index in [4.69, 9.17) is 9.83 Å². The fourth-order valence-electron chi connectivity index (χ4n) is 1.34. The van der Waals surface area contributed by atoms with Gasteiger partial charge in [-0.25, -0.2) is 0 Å². The molecule has 0 saturated carbocycles. The lowest BCUT2D eigenvalue weighted by molar-refractivity contribution is 0.552. The number of furan rings is 1. The molecule has 0 aliphatic heterocycles. The fraction of sp³-hybridized carbons (Fsp3) is 0.0769. The molecule has 0 unspecified atom stereocenters. The van der Waals surface area contributed by atoms with Gasteiger partial charge in [-0.2, -0.15) is 0 Å². The van der Waals surface area contributed by atoms with E-state index in [2.05, 4.69) is 4.99 Å². The molecule has 1 aromatic carbocycles. The van der Waals surface area contributed by atoms with Gasteiger partial charge in [0.25, 0.3) is 0 Å². The van der Waals surface area contributed by atoms with Crippen LogP contribution in [0, 0.1) is 5.41 Å². The maximum absolute atomic E-state index is 7.01. The third kappa shape index (κ3) is 2.67. The van der Waals surface area contributed by atoms with Gasteiger partial charge in [0.15, 0.2) is 0 Å². The van der Waals surface area contributed by atoms with E-state index in [1.807, 2.05) is 30.3 Å². The van der Waals surface area contributed by atoms with Crippen LogP contribution in [-0.2, 0) is 6.54 Å². The highest BCUT2D eigenvalue weighted by molar-refractivity contribution is 5.79. The van der Waals surface area contributed by atoms with Crippen molar-refractivity contribution in [1.82, 2.24) is 0 Å². The second-order valence-electron chi connectivity index (χ2n) is 3.34. The molecule has 1 aromatic heterocycles. The first-order chi connectivity index (χ1) is 7.88. The highest BCUT2D eigenvalue weighted by atomic mass is 16.3. The Bertz CT molecular complexity index is 486. The van der Waals surface area contributed by atoms with Crippen molar-refractivity contribution in [3.05, 3.63) is 59.5 Å². The summed E-state index contributed by atoms with van der Waals surface area (Å²) >= 11 is 0. The molecule has 16 heavy (non-hydrogen) atoms. The Morgan fingerprint density at radius 1 is 1.06 bits per heavy atom. The van der Waals surface area contributed by atoms with Crippen LogP contribution in [-0.4, -0.2) is 12.4 Å². The number of rotatable bonds is 4. The van der Waals surface area contributed by atoms with Crippen LogP contribution in [0.2, 0.25) is 0 Å². The van der Waals surface area contributed by atoms with Gasteiger partial charge in [0, 0.05) is 0 Å². The van der Waals surface area contributed by atoms with Crippen LogP contribution in [0.25, 0.3) is 0 Å². The van der Waals surface area contributed by atoms with Gasteiger partial charge >= 0.3 is 0 Å². The smallest absolute Gasteiger partial charge is 0.145 e. The van der Waals surface area contributed by atoms with Gasteiger partial charge in [-0.3, -0.25) is 4.99 Å². The number of benzene rings is 1. The van der Waals surface area contributed by atoms with Crippen molar-refractivity contribution in [2.75, 3.05) is 0 Å². The zero-order valence-electron chi connectivity index (χ0n) is 8.76. The standard InChI is InChI=1S/C13H12N2O/c14-8-12-6-7-13(16-12)10-15-9-11-4-2-1-3-5-11/h1-8,10,14H,9H2. The van der Waals surface area contributed by atoms with Crippen LogP contribution < -0.4 is 0 Å². The normalized spacial score (nSPS) is 10.8. The predicted molar refractivity (Wildman–Crippen MR) is 64.3 cm³/mol. The van der Waals surface area contributed by atoms with Gasteiger partial charge in [-0.05, 0) is 17.7 Å². The second-order valence-corrected chi connectivity index (χ2v) is 3.34. The molecular weight excluding hydrogens is 200 g/mol. The zero-order valence-corrected chi connectivity index (χ0v) is 8.76. The molecule has 0 aliphatic rings. The van der Waals surface area contributed by atoms with Gasteiger partial charge in [0.2, 0.25) is 0 Å². The molecule has 0 atom stereocenters. The Hall–Kier alpha value is -2.16. The Balaban J connectivity index is 1.97. The van der Waals surface area contributed by atoms with Gasteiger partial charge in [0.1, 0.15) is 11.5 Å². The van der Waals surface area contributed by atoms with E-state index in [9.17, 15) is 0 Å². The SMILES string of the molecule is N=Cc1ccc(C=NCc2ccccc2)o1. The highest BCUT2D eigenvalue weighted by Crippen LogP contribution is 2.04. The summed E-state index contributed by atoms with van der Waals surface area (Å²) in [5.41, 5.74) is 1.16. The lowest BCUT2D eigenvalue weighted by Gasteiger charge is -1.93. The van der Waals surface area contributed by atoms with Gasteiger partial charge in [-0.1, -0.05) is 30.3 Å².